The highest BCUT2D eigenvalue weighted by Crippen LogP contribution is 2.51. The second-order valence-electron chi connectivity index (χ2n) is 8.86. The molecule has 0 saturated carbocycles. The summed E-state index contributed by atoms with van der Waals surface area (Å²) < 4.78 is 20.8. The summed E-state index contributed by atoms with van der Waals surface area (Å²) in [4.78, 5) is 26.6. The first-order valence-electron chi connectivity index (χ1n) is 10.5. The zero-order valence-corrected chi connectivity index (χ0v) is 22.3. The fraction of sp³-hybridized carbons (Fsp3) is 0.348. The molecule has 0 fully saturated rings. The monoisotopic (exact) mass is 577 g/mol. The van der Waals surface area contributed by atoms with Crippen LogP contribution < -0.4 is 10.6 Å². The summed E-state index contributed by atoms with van der Waals surface area (Å²) >= 11 is 5.59. The third-order valence-electron chi connectivity index (χ3n) is 5.78. The minimum atomic E-state index is -0.927. The summed E-state index contributed by atoms with van der Waals surface area (Å²) in [6.07, 6.45) is 0.718. The van der Waals surface area contributed by atoms with Crippen LogP contribution in [-0.2, 0) is 14.3 Å². The minimum absolute atomic E-state index is 0.0598. The Morgan fingerprint density at radius 1 is 1.43 bits per heavy atom. The number of aromatic nitrogens is 2. The van der Waals surface area contributed by atoms with Gasteiger partial charge in [-0.3, -0.25) is 14.5 Å². The molecule has 1 aromatic heterocycles. The fourth-order valence-corrected chi connectivity index (χ4v) is 6.35. The van der Waals surface area contributed by atoms with E-state index < -0.39 is 17.7 Å². The molecule has 182 valence electrons. The van der Waals surface area contributed by atoms with Crippen LogP contribution in [0.5, 0.6) is 0 Å². The van der Waals surface area contributed by atoms with Gasteiger partial charge in [0.15, 0.2) is 10.1 Å². The van der Waals surface area contributed by atoms with Gasteiger partial charge in [-0.15, -0.1) is 10.2 Å². The van der Waals surface area contributed by atoms with E-state index in [9.17, 15) is 14.9 Å². The number of methoxy groups -OCH3 is 1. The van der Waals surface area contributed by atoms with Gasteiger partial charge in [-0.2, -0.15) is 5.26 Å². The van der Waals surface area contributed by atoms with Crippen LogP contribution in [0, 0.1) is 22.6 Å². The van der Waals surface area contributed by atoms with Gasteiger partial charge in [-0.05, 0) is 24.0 Å². The van der Waals surface area contributed by atoms with Crippen LogP contribution in [0.1, 0.15) is 38.2 Å². The molecule has 0 bridgehead atoms. The van der Waals surface area contributed by atoms with Crippen molar-refractivity contribution < 1.29 is 18.7 Å². The van der Waals surface area contributed by atoms with Gasteiger partial charge in [0.05, 0.1) is 30.4 Å². The fourth-order valence-electron chi connectivity index (χ4n) is 4.30. The van der Waals surface area contributed by atoms with Gasteiger partial charge in [0.1, 0.15) is 11.6 Å². The lowest BCUT2D eigenvalue weighted by Gasteiger charge is -2.42. The van der Waals surface area contributed by atoms with E-state index in [2.05, 4.69) is 36.9 Å². The third kappa shape index (κ3) is 4.85. The number of nitrogens with zero attached hydrogens (tertiary/aromatic N) is 4. The number of rotatable bonds is 5. The van der Waals surface area contributed by atoms with Crippen LogP contribution in [0.15, 0.2) is 49.7 Å². The summed E-state index contributed by atoms with van der Waals surface area (Å²) in [7, 11) is 1.30. The summed E-state index contributed by atoms with van der Waals surface area (Å²) in [5.41, 5.74) is 7.35. The Balaban J connectivity index is 1.87. The number of ketones is 1. The van der Waals surface area contributed by atoms with Crippen molar-refractivity contribution in [3.63, 3.8) is 0 Å². The molecule has 8 nitrogen and oxygen atoms in total. The predicted octanol–water partition coefficient (Wildman–Crippen LogP) is 4.65. The minimum Gasteiger partial charge on any atom is -0.468 e. The standard InChI is InChI=1S/C23H21BrFN5O3S2/c1-23(2)7-15-19(16(31)8-23)18(12-5-4-11(24)6-14(12)25)13(9-26)20(27)30(15)21-28-29-22(35-21)34-10-17(32)33-3/h4-6,18H,7-8,10,27H2,1-3H3. The van der Waals surface area contributed by atoms with Crippen molar-refractivity contribution in [1.82, 2.24) is 10.2 Å². The van der Waals surface area contributed by atoms with E-state index in [1.165, 1.54) is 24.5 Å². The average Bonchev–Trinajstić information content (AvgIpc) is 3.24. The highest BCUT2D eigenvalue weighted by molar-refractivity contribution is 9.10. The van der Waals surface area contributed by atoms with E-state index >= 15 is 4.39 Å². The maximum Gasteiger partial charge on any atom is 0.316 e. The number of esters is 1. The molecule has 1 aliphatic heterocycles. The number of halogens is 2. The molecule has 35 heavy (non-hydrogen) atoms. The molecule has 1 unspecified atom stereocenters. The molecule has 0 spiro atoms. The molecule has 2 heterocycles. The highest BCUT2D eigenvalue weighted by Gasteiger charge is 2.46. The quantitative estimate of drug-likeness (QED) is 0.399. The summed E-state index contributed by atoms with van der Waals surface area (Å²) in [5, 5.41) is 18.8. The number of nitrogens with two attached hydrogens (primary N) is 1. The smallest absolute Gasteiger partial charge is 0.316 e. The lowest BCUT2D eigenvalue weighted by molar-refractivity contribution is -0.137. The lowest BCUT2D eigenvalue weighted by Crippen LogP contribution is -2.42. The summed E-state index contributed by atoms with van der Waals surface area (Å²) in [5.74, 6) is -1.91. The zero-order chi connectivity index (χ0) is 25.5. The maximum absolute atomic E-state index is 15.1. The molecular formula is C23H21BrFN5O3S2. The van der Waals surface area contributed by atoms with Crippen LogP contribution in [0.25, 0.3) is 0 Å². The molecule has 2 aromatic rings. The first kappa shape index (κ1) is 25.3. The van der Waals surface area contributed by atoms with E-state index in [1.54, 1.807) is 17.0 Å². The largest absolute Gasteiger partial charge is 0.468 e. The Kier molecular flexibility index (Phi) is 7.04. The van der Waals surface area contributed by atoms with Crippen molar-refractivity contribution in [3.05, 3.63) is 56.7 Å². The van der Waals surface area contributed by atoms with Crippen LogP contribution in [0.3, 0.4) is 0 Å². The van der Waals surface area contributed by atoms with E-state index in [0.717, 1.165) is 11.8 Å². The number of anilines is 1. The Morgan fingerprint density at radius 3 is 2.83 bits per heavy atom. The average molecular weight is 578 g/mol. The Bertz CT molecular complexity index is 1330. The molecule has 2 aliphatic rings. The number of allylic oxidation sites excluding steroid dienone is 3. The first-order chi connectivity index (χ1) is 16.6. The number of Topliss-reactive ketones (excluding diaryl/α,β-unsaturated/α-hetero) is 1. The molecular weight excluding hydrogens is 557 g/mol. The van der Waals surface area contributed by atoms with Crippen LogP contribution in [0.4, 0.5) is 9.52 Å². The van der Waals surface area contributed by atoms with Crippen molar-refractivity contribution in [3.8, 4) is 6.07 Å². The van der Waals surface area contributed by atoms with E-state index in [0.29, 0.717) is 31.6 Å². The Labute approximate surface area is 218 Å². The number of thioether (sulfide) groups is 1. The first-order valence-corrected chi connectivity index (χ1v) is 13.1. The second kappa shape index (κ2) is 9.72. The molecule has 2 N–H and O–H groups in total. The van der Waals surface area contributed by atoms with E-state index in [1.807, 2.05) is 13.8 Å². The number of ether oxygens (including phenoxy) is 1. The molecule has 1 atom stereocenters. The van der Waals surface area contributed by atoms with Crippen molar-refractivity contribution in [2.24, 2.45) is 11.1 Å². The van der Waals surface area contributed by atoms with Gasteiger partial charge in [-0.1, -0.05) is 58.9 Å². The van der Waals surface area contributed by atoms with Gasteiger partial charge in [0.25, 0.3) is 0 Å². The molecule has 0 saturated heterocycles. The zero-order valence-electron chi connectivity index (χ0n) is 19.1. The molecule has 12 heteroatoms. The van der Waals surface area contributed by atoms with Crippen molar-refractivity contribution >= 4 is 55.9 Å². The van der Waals surface area contributed by atoms with Crippen molar-refractivity contribution in [2.45, 2.75) is 36.9 Å². The Morgan fingerprint density at radius 2 is 2.17 bits per heavy atom. The maximum atomic E-state index is 15.1. The van der Waals surface area contributed by atoms with Gasteiger partial charge < -0.3 is 10.5 Å². The number of hydrogen-bond acceptors (Lipinski definition) is 10. The number of carbonyl (C=O) groups excluding carboxylic acids is 2. The Hall–Kier alpha value is -2.75. The molecule has 4 rings (SSSR count). The number of hydrogen-bond donors (Lipinski definition) is 1. The topological polar surface area (TPSA) is 122 Å². The summed E-state index contributed by atoms with van der Waals surface area (Å²) in [6.45, 7) is 3.94. The summed E-state index contributed by atoms with van der Waals surface area (Å²) in [6, 6.07) is 6.65. The van der Waals surface area contributed by atoms with Crippen molar-refractivity contribution in [2.75, 3.05) is 17.8 Å². The predicted molar refractivity (Wildman–Crippen MR) is 134 cm³/mol. The SMILES string of the molecule is COC(=O)CSc1nnc(N2C(N)=C(C#N)C(c3ccc(Br)cc3F)C3=C2CC(C)(C)CC3=O)s1. The molecule has 0 radical (unpaired) electrons. The van der Waals surface area contributed by atoms with Crippen LogP contribution in [0.2, 0.25) is 0 Å². The van der Waals surface area contributed by atoms with Gasteiger partial charge in [0.2, 0.25) is 5.13 Å². The van der Waals surface area contributed by atoms with Crippen LogP contribution in [-0.4, -0.2) is 34.8 Å². The van der Waals surface area contributed by atoms with Gasteiger partial charge in [0, 0.05) is 27.7 Å². The molecule has 1 aliphatic carbocycles. The second-order valence-corrected chi connectivity index (χ2v) is 12.0. The third-order valence-corrected chi connectivity index (χ3v) is 8.29. The van der Waals surface area contributed by atoms with E-state index in [-0.39, 0.29) is 40.3 Å². The van der Waals surface area contributed by atoms with E-state index in [4.69, 9.17) is 5.73 Å². The number of benzene rings is 1. The molecule has 0 amide bonds. The normalized spacial score (nSPS) is 19.5. The highest BCUT2D eigenvalue weighted by atomic mass is 79.9. The molecule has 1 aromatic carbocycles. The van der Waals surface area contributed by atoms with Gasteiger partial charge in [-0.25, -0.2) is 4.39 Å². The number of carbonyl (C=O) groups is 2. The lowest BCUT2D eigenvalue weighted by atomic mass is 9.68. The van der Waals surface area contributed by atoms with Crippen LogP contribution >= 0.6 is 39.0 Å². The van der Waals surface area contributed by atoms with Crippen molar-refractivity contribution in [1.29, 1.82) is 5.26 Å². The number of nitriles is 1. The van der Waals surface area contributed by atoms with Gasteiger partial charge >= 0.3 is 5.97 Å².